The van der Waals surface area contributed by atoms with Crippen molar-refractivity contribution in [3.63, 3.8) is 0 Å². The Kier molecular flexibility index (Phi) is 5.24. The molecule has 1 aromatic heterocycles. The van der Waals surface area contributed by atoms with Gasteiger partial charge in [-0.25, -0.2) is 0 Å². The lowest BCUT2D eigenvalue weighted by Crippen LogP contribution is -2.16. The van der Waals surface area contributed by atoms with Crippen molar-refractivity contribution in [3.8, 4) is 0 Å². The Morgan fingerprint density at radius 3 is 3.06 bits per heavy atom. The van der Waals surface area contributed by atoms with Gasteiger partial charge in [0.2, 0.25) is 0 Å². The van der Waals surface area contributed by atoms with E-state index < -0.39 is 0 Å². The summed E-state index contributed by atoms with van der Waals surface area (Å²) in [6, 6.07) is 8.52. The predicted molar refractivity (Wildman–Crippen MR) is 75.7 cm³/mol. The number of rotatable bonds is 8. The second-order valence-electron chi connectivity index (χ2n) is 4.50. The zero-order valence-corrected chi connectivity index (χ0v) is 11.0. The van der Waals surface area contributed by atoms with E-state index in [4.69, 9.17) is 4.74 Å². The Hall–Kier alpha value is -1.32. The average molecular weight is 246 g/mol. The quantitative estimate of drug-likeness (QED) is 0.702. The SMILES string of the molecule is CCCOCCCNCc1cccc2[nH]ccc12. The molecule has 0 aliphatic rings. The van der Waals surface area contributed by atoms with E-state index in [1.54, 1.807) is 0 Å². The third-order valence-electron chi connectivity index (χ3n) is 2.99. The molecule has 3 heteroatoms. The Morgan fingerprint density at radius 2 is 2.17 bits per heavy atom. The van der Waals surface area contributed by atoms with Gasteiger partial charge in [0.25, 0.3) is 0 Å². The van der Waals surface area contributed by atoms with Crippen molar-refractivity contribution in [2.75, 3.05) is 19.8 Å². The highest BCUT2D eigenvalue weighted by atomic mass is 16.5. The van der Waals surface area contributed by atoms with E-state index in [2.05, 4.69) is 41.5 Å². The minimum absolute atomic E-state index is 0.856. The molecule has 0 saturated heterocycles. The summed E-state index contributed by atoms with van der Waals surface area (Å²) in [6.07, 6.45) is 4.17. The lowest BCUT2D eigenvalue weighted by Gasteiger charge is -2.06. The molecule has 1 aromatic carbocycles. The Morgan fingerprint density at radius 1 is 1.22 bits per heavy atom. The van der Waals surface area contributed by atoms with E-state index >= 15 is 0 Å². The molecule has 0 saturated carbocycles. The Bertz CT molecular complexity index is 464. The first kappa shape index (κ1) is 13.1. The van der Waals surface area contributed by atoms with Crippen LogP contribution in [-0.2, 0) is 11.3 Å². The smallest absolute Gasteiger partial charge is 0.0478 e. The van der Waals surface area contributed by atoms with Gasteiger partial charge in [-0.15, -0.1) is 0 Å². The molecule has 2 aromatic rings. The van der Waals surface area contributed by atoms with Crippen LogP contribution in [0.15, 0.2) is 30.5 Å². The maximum absolute atomic E-state index is 5.45. The van der Waals surface area contributed by atoms with E-state index in [0.717, 1.165) is 39.1 Å². The standard InChI is InChI=1S/C15H22N2O/c1-2-10-18-11-4-8-16-12-13-5-3-6-15-14(13)7-9-17-15/h3,5-7,9,16-17H,2,4,8,10-12H2,1H3. The molecule has 0 spiro atoms. The topological polar surface area (TPSA) is 37.0 Å². The van der Waals surface area contributed by atoms with Gasteiger partial charge >= 0.3 is 0 Å². The number of hydrogen-bond acceptors (Lipinski definition) is 2. The van der Waals surface area contributed by atoms with Crippen molar-refractivity contribution in [2.45, 2.75) is 26.3 Å². The number of aromatic amines is 1. The second kappa shape index (κ2) is 7.19. The lowest BCUT2D eigenvalue weighted by molar-refractivity contribution is 0.132. The molecule has 0 atom stereocenters. The average Bonchev–Trinajstić information content (AvgIpc) is 2.86. The van der Waals surface area contributed by atoms with E-state index in [9.17, 15) is 0 Å². The molecule has 0 aliphatic heterocycles. The molecule has 0 aliphatic carbocycles. The maximum Gasteiger partial charge on any atom is 0.0478 e. The molecule has 0 amide bonds. The van der Waals surface area contributed by atoms with Gasteiger partial charge in [-0.05, 0) is 37.1 Å². The van der Waals surface area contributed by atoms with Gasteiger partial charge in [-0.2, -0.15) is 0 Å². The summed E-state index contributed by atoms with van der Waals surface area (Å²) in [5.41, 5.74) is 2.56. The zero-order chi connectivity index (χ0) is 12.6. The molecule has 0 radical (unpaired) electrons. The van der Waals surface area contributed by atoms with Gasteiger partial charge in [0.15, 0.2) is 0 Å². The molecule has 1 heterocycles. The number of fused-ring (bicyclic) bond motifs is 1. The fourth-order valence-electron chi connectivity index (χ4n) is 2.07. The molecular formula is C15H22N2O. The van der Waals surface area contributed by atoms with Crippen LogP contribution >= 0.6 is 0 Å². The van der Waals surface area contributed by atoms with Gasteiger partial charge < -0.3 is 15.0 Å². The maximum atomic E-state index is 5.45. The Labute approximate surface area is 109 Å². The molecule has 2 rings (SSSR count). The second-order valence-corrected chi connectivity index (χ2v) is 4.50. The van der Waals surface area contributed by atoms with Crippen LogP contribution in [-0.4, -0.2) is 24.7 Å². The summed E-state index contributed by atoms with van der Waals surface area (Å²) in [5.74, 6) is 0. The Balaban J connectivity index is 1.72. The van der Waals surface area contributed by atoms with Crippen LogP contribution in [0.25, 0.3) is 10.9 Å². The minimum atomic E-state index is 0.856. The molecule has 3 nitrogen and oxygen atoms in total. The van der Waals surface area contributed by atoms with E-state index in [1.165, 1.54) is 16.5 Å². The van der Waals surface area contributed by atoms with Crippen molar-refractivity contribution in [2.24, 2.45) is 0 Å². The lowest BCUT2D eigenvalue weighted by atomic mass is 10.1. The van der Waals surface area contributed by atoms with Crippen LogP contribution in [0.1, 0.15) is 25.3 Å². The molecule has 0 bridgehead atoms. The van der Waals surface area contributed by atoms with Crippen molar-refractivity contribution in [1.29, 1.82) is 0 Å². The fourth-order valence-corrected chi connectivity index (χ4v) is 2.07. The molecule has 98 valence electrons. The highest BCUT2D eigenvalue weighted by Crippen LogP contribution is 2.16. The summed E-state index contributed by atoms with van der Waals surface area (Å²) in [6.45, 7) is 5.79. The third-order valence-corrected chi connectivity index (χ3v) is 2.99. The van der Waals surface area contributed by atoms with Gasteiger partial charge in [0, 0.05) is 36.9 Å². The predicted octanol–water partition coefficient (Wildman–Crippen LogP) is 3.07. The van der Waals surface area contributed by atoms with Crippen LogP contribution in [0.4, 0.5) is 0 Å². The van der Waals surface area contributed by atoms with Gasteiger partial charge in [-0.1, -0.05) is 19.1 Å². The number of nitrogens with one attached hydrogen (secondary N) is 2. The molecule has 2 N–H and O–H groups in total. The highest BCUT2D eigenvalue weighted by molar-refractivity contribution is 5.82. The monoisotopic (exact) mass is 246 g/mol. The zero-order valence-electron chi connectivity index (χ0n) is 11.0. The van der Waals surface area contributed by atoms with E-state index in [0.29, 0.717) is 0 Å². The summed E-state index contributed by atoms with van der Waals surface area (Å²) in [4.78, 5) is 3.24. The molecule has 18 heavy (non-hydrogen) atoms. The van der Waals surface area contributed by atoms with Crippen LogP contribution < -0.4 is 5.32 Å². The first-order chi connectivity index (χ1) is 8.92. The minimum Gasteiger partial charge on any atom is -0.381 e. The first-order valence-corrected chi connectivity index (χ1v) is 6.75. The summed E-state index contributed by atoms with van der Waals surface area (Å²) in [7, 11) is 0. The van der Waals surface area contributed by atoms with Crippen molar-refractivity contribution < 1.29 is 4.74 Å². The number of H-pyrrole nitrogens is 1. The number of hydrogen-bond donors (Lipinski definition) is 2. The number of benzene rings is 1. The fraction of sp³-hybridized carbons (Fsp3) is 0.467. The largest absolute Gasteiger partial charge is 0.381 e. The normalized spacial score (nSPS) is 11.2. The third kappa shape index (κ3) is 3.59. The van der Waals surface area contributed by atoms with Crippen molar-refractivity contribution in [1.82, 2.24) is 10.3 Å². The highest BCUT2D eigenvalue weighted by Gasteiger charge is 2.00. The summed E-state index contributed by atoms with van der Waals surface area (Å²) >= 11 is 0. The molecular weight excluding hydrogens is 224 g/mol. The van der Waals surface area contributed by atoms with Crippen LogP contribution in [0.5, 0.6) is 0 Å². The van der Waals surface area contributed by atoms with E-state index in [1.807, 2.05) is 6.20 Å². The molecule has 0 unspecified atom stereocenters. The molecule has 0 fully saturated rings. The first-order valence-electron chi connectivity index (χ1n) is 6.75. The number of ether oxygens (including phenoxy) is 1. The van der Waals surface area contributed by atoms with Gasteiger partial charge in [-0.3, -0.25) is 0 Å². The van der Waals surface area contributed by atoms with Crippen LogP contribution in [0, 0.1) is 0 Å². The van der Waals surface area contributed by atoms with Gasteiger partial charge in [0.05, 0.1) is 0 Å². The summed E-state index contributed by atoms with van der Waals surface area (Å²) in [5, 5.41) is 4.78. The summed E-state index contributed by atoms with van der Waals surface area (Å²) < 4.78 is 5.45. The van der Waals surface area contributed by atoms with Crippen LogP contribution in [0.3, 0.4) is 0 Å². The van der Waals surface area contributed by atoms with Crippen LogP contribution in [0.2, 0.25) is 0 Å². The van der Waals surface area contributed by atoms with Crippen molar-refractivity contribution in [3.05, 3.63) is 36.0 Å². The van der Waals surface area contributed by atoms with Crippen molar-refractivity contribution >= 4 is 10.9 Å². The van der Waals surface area contributed by atoms with E-state index in [-0.39, 0.29) is 0 Å². The van der Waals surface area contributed by atoms with Gasteiger partial charge in [0.1, 0.15) is 0 Å². The number of aromatic nitrogens is 1.